The van der Waals surface area contributed by atoms with Gasteiger partial charge < -0.3 is 9.47 Å². The number of aryl methyl sites for hydroxylation is 4. The number of benzene rings is 6. The molecule has 0 fully saturated rings. The summed E-state index contributed by atoms with van der Waals surface area (Å²) in [6.07, 6.45) is 12.5. The van der Waals surface area contributed by atoms with E-state index in [1.54, 1.807) is 0 Å². The Morgan fingerprint density at radius 2 is 0.930 bits per heavy atom. The van der Waals surface area contributed by atoms with Crippen LogP contribution in [0.3, 0.4) is 0 Å². The Hall–Kier alpha value is -6.42. The lowest BCUT2D eigenvalue weighted by Gasteiger charge is -2.44. The molecule has 6 aromatic rings. The normalized spacial score (nSPS) is 14.5. The molecule has 0 saturated heterocycles. The van der Waals surface area contributed by atoms with Gasteiger partial charge in [0, 0.05) is 17.2 Å². The molecule has 8 nitrogen and oxygen atoms in total. The van der Waals surface area contributed by atoms with Gasteiger partial charge in [0.05, 0.1) is 25.3 Å². The van der Waals surface area contributed by atoms with Crippen molar-refractivity contribution in [2.75, 3.05) is 13.2 Å². The van der Waals surface area contributed by atoms with E-state index >= 15 is 0 Å². The number of carbonyl (C=O) groups excluding carboxylic acids is 2. The maximum Gasteiger partial charge on any atom is 0.337 e. The summed E-state index contributed by atoms with van der Waals surface area (Å²) >= 11 is 0. The summed E-state index contributed by atoms with van der Waals surface area (Å²) in [6, 6.07) is 56.0. The molecule has 0 saturated carbocycles. The molecule has 0 amide bonds. The second kappa shape index (κ2) is 35.4. The van der Waals surface area contributed by atoms with E-state index in [0.29, 0.717) is 31.5 Å². The second-order valence-corrected chi connectivity index (χ2v) is 25.9. The van der Waals surface area contributed by atoms with Crippen molar-refractivity contribution in [3.8, 4) is 0 Å². The average molecular weight is 1170 g/mol. The third kappa shape index (κ3) is 22.1. The Morgan fingerprint density at radius 1 is 0.500 bits per heavy atom. The number of hydrogen-bond donors (Lipinski definition) is 0. The molecule has 8 heteroatoms. The van der Waals surface area contributed by atoms with Crippen LogP contribution in [0.25, 0.3) is 6.08 Å². The lowest BCUT2D eigenvalue weighted by atomic mass is 9.79. The Bertz CT molecular complexity index is 2930. The van der Waals surface area contributed by atoms with E-state index in [-0.39, 0.29) is 53.0 Å². The maximum atomic E-state index is 13.9. The largest absolute Gasteiger partial charge is 0.464 e. The minimum atomic E-state index is -0.722. The lowest BCUT2D eigenvalue weighted by Crippen LogP contribution is -2.49. The molecule has 0 heterocycles. The third-order valence-electron chi connectivity index (χ3n) is 16.1. The first-order chi connectivity index (χ1) is 41.1. The number of unbranched alkanes of at least 4 members (excludes halogenated alkanes) is 2. The fourth-order valence-corrected chi connectivity index (χ4v) is 11.0. The quantitative estimate of drug-likeness (QED) is 0.0230. The van der Waals surface area contributed by atoms with E-state index in [1.807, 2.05) is 25.1 Å². The summed E-state index contributed by atoms with van der Waals surface area (Å²) in [5, 5.41) is 4.26. The SMILES string of the molecule is C=CC(=O)OCCCC.C=Cc1ccc2c(c1)CC2.CC(ON(C(c1ccccc1)C(C)C)C(C)(C)C)c1ccccc1.CCCCOC(=O)C(CC(CC(C)c1ccccc1)c1ccc2c(c1)CC2)ON(C(c1ccccc1)C(C)C)C(C)(C)C. The zero-order valence-corrected chi connectivity index (χ0v) is 55.0. The zero-order chi connectivity index (χ0) is 62.8. The van der Waals surface area contributed by atoms with E-state index in [2.05, 4.69) is 264 Å². The van der Waals surface area contributed by atoms with Crippen LogP contribution >= 0.6 is 0 Å². The van der Waals surface area contributed by atoms with Crippen LogP contribution in [0, 0.1) is 11.8 Å². The minimum Gasteiger partial charge on any atom is -0.464 e. The summed E-state index contributed by atoms with van der Waals surface area (Å²) in [4.78, 5) is 37.7. The van der Waals surface area contributed by atoms with E-state index < -0.39 is 6.10 Å². The van der Waals surface area contributed by atoms with E-state index in [1.165, 1.54) is 74.6 Å². The van der Waals surface area contributed by atoms with Gasteiger partial charge in [0.25, 0.3) is 0 Å². The van der Waals surface area contributed by atoms with Crippen molar-refractivity contribution in [1.29, 1.82) is 0 Å². The number of rotatable bonds is 26. The predicted molar refractivity (Wildman–Crippen MR) is 359 cm³/mol. The summed E-state index contributed by atoms with van der Waals surface area (Å²) < 4.78 is 10.6. The minimum absolute atomic E-state index is 0.00962. The fourth-order valence-electron chi connectivity index (χ4n) is 11.0. The van der Waals surface area contributed by atoms with Gasteiger partial charge in [0.1, 0.15) is 6.10 Å². The smallest absolute Gasteiger partial charge is 0.337 e. The molecule has 6 aromatic carbocycles. The molecule has 2 aliphatic rings. The highest BCUT2D eigenvalue weighted by Gasteiger charge is 2.39. The molecule has 0 radical (unpaired) electrons. The highest BCUT2D eigenvalue weighted by atomic mass is 16.7. The van der Waals surface area contributed by atoms with Gasteiger partial charge in [-0.15, -0.1) is 0 Å². The predicted octanol–water partition coefficient (Wildman–Crippen LogP) is 19.7. The maximum absolute atomic E-state index is 13.9. The molecule has 86 heavy (non-hydrogen) atoms. The Morgan fingerprint density at radius 3 is 1.34 bits per heavy atom. The van der Waals surface area contributed by atoms with Gasteiger partial charge in [0.15, 0.2) is 6.10 Å². The summed E-state index contributed by atoms with van der Waals surface area (Å²) in [7, 11) is 0. The molecule has 2 aliphatic carbocycles. The number of nitrogens with zero attached hydrogens (tertiary/aromatic N) is 2. The standard InChI is InChI=1S/C39H53NO3.C22H31NO.C10H10.C7H12O2/c1-8-9-24-42-38(41)36(43-40(39(5,6)7)37(28(2)3)32-18-14-11-15-19-32)27-35(25-29(4)30-16-12-10-13-17-30)34-23-21-31-20-22-33(31)26-34;1-17(2)21(20-15-11-8-12-16-20)23(22(4,5)6)24-18(3)19-13-9-7-10-14-19;1-2-8-3-4-9-5-6-10(9)7-8;1-3-5-6-9-7(8)4-2/h10-19,21,23,26,28-29,35-37H,8-9,20,22,24-25,27H2,1-7H3;7-18,21H,1-6H3;2-4,7H,1,5-6H2;4H,2-3,5-6H2,1H3. The number of carbonyl (C=O) groups is 2. The fraction of sp³-hybridized carbons (Fsp3) is 0.462. The van der Waals surface area contributed by atoms with Crippen molar-refractivity contribution in [2.24, 2.45) is 11.8 Å². The second-order valence-electron chi connectivity index (χ2n) is 25.9. The molecule has 0 bridgehead atoms. The van der Waals surface area contributed by atoms with Gasteiger partial charge in [-0.25, -0.2) is 9.59 Å². The van der Waals surface area contributed by atoms with E-state index in [0.717, 1.165) is 44.9 Å². The Labute approximate surface area is 520 Å². The van der Waals surface area contributed by atoms with Gasteiger partial charge >= 0.3 is 11.9 Å². The monoisotopic (exact) mass is 1170 g/mol. The number of esters is 2. The van der Waals surface area contributed by atoms with Crippen LogP contribution in [-0.4, -0.2) is 52.5 Å². The Kier molecular flexibility index (Phi) is 29.0. The van der Waals surface area contributed by atoms with E-state index in [4.69, 9.17) is 14.4 Å². The summed E-state index contributed by atoms with van der Waals surface area (Å²) in [6.45, 7) is 38.6. The molecule has 6 atom stereocenters. The summed E-state index contributed by atoms with van der Waals surface area (Å²) in [5.41, 5.74) is 13.0. The van der Waals surface area contributed by atoms with Crippen molar-refractivity contribution >= 4 is 18.0 Å². The number of ether oxygens (including phenoxy) is 2. The molecule has 8 rings (SSSR count). The van der Waals surface area contributed by atoms with Crippen molar-refractivity contribution in [3.05, 3.63) is 233 Å². The zero-order valence-electron chi connectivity index (χ0n) is 55.0. The average Bonchev–Trinajstić information content (AvgIpc) is 1.66. The van der Waals surface area contributed by atoms with Gasteiger partial charge in [-0.3, -0.25) is 9.68 Å². The Balaban J connectivity index is 0.000000258. The van der Waals surface area contributed by atoms with Crippen molar-refractivity contribution < 1.29 is 28.7 Å². The van der Waals surface area contributed by atoms with Gasteiger partial charge in [-0.1, -0.05) is 238 Å². The van der Waals surface area contributed by atoms with Crippen LogP contribution in [0.2, 0.25) is 0 Å². The molecule has 0 N–H and O–H groups in total. The molecule has 0 aliphatic heterocycles. The van der Waals surface area contributed by atoms with Gasteiger partial charge in [-0.2, -0.15) is 10.1 Å². The number of hydrogen-bond acceptors (Lipinski definition) is 8. The van der Waals surface area contributed by atoms with Crippen LogP contribution in [0.5, 0.6) is 0 Å². The lowest BCUT2D eigenvalue weighted by molar-refractivity contribution is -0.275. The first kappa shape index (κ1) is 70.3. The van der Waals surface area contributed by atoms with Crippen LogP contribution < -0.4 is 0 Å². The molecule has 0 aromatic heterocycles. The van der Waals surface area contributed by atoms with Crippen molar-refractivity contribution in [2.45, 2.75) is 208 Å². The highest BCUT2D eigenvalue weighted by Crippen LogP contribution is 2.41. The van der Waals surface area contributed by atoms with Crippen molar-refractivity contribution in [1.82, 2.24) is 10.1 Å². The van der Waals surface area contributed by atoms with Crippen LogP contribution in [0.1, 0.15) is 221 Å². The molecular weight excluding hydrogens is 1060 g/mol. The third-order valence-corrected chi connectivity index (χ3v) is 16.1. The van der Waals surface area contributed by atoms with Gasteiger partial charge in [0.2, 0.25) is 0 Å². The van der Waals surface area contributed by atoms with Crippen LogP contribution in [0.4, 0.5) is 0 Å². The first-order valence-corrected chi connectivity index (χ1v) is 32.0. The molecule has 6 unspecified atom stereocenters. The topological polar surface area (TPSA) is 77.5 Å². The molecule has 464 valence electrons. The first-order valence-electron chi connectivity index (χ1n) is 32.0. The van der Waals surface area contributed by atoms with Crippen LogP contribution in [0.15, 0.2) is 177 Å². The van der Waals surface area contributed by atoms with Crippen LogP contribution in [-0.2, 0) is 54.4 Å². The van der Waals surface area contributed by atoms with Gasteiger partial charge in [-0.05, 0) is 179 Å². The molecular formula is C78H106N2O6. The molecule has 0 spiro atoms. The highest BCUT2D eigenvalue weighted by molar-refractivity contribution is 5.81. The number of hydroxylamine groups is 4. The number of fused-ring (bicyclic) bond motifs is 2. The summed E-state index contributed by atoms with van der Waals surface area (Å²) in [5.74, 6) is 0.583. The van der Waals surface area contributed by atoms with Crippen molar-refractivity contribution in [3.63, 3.8) is 0 Å². The van der Waals surface area contributed by atoms with E-state index in [9.17, 15) is 9.59 Å².